The van der Waals surface area contributed by atoms with Crippen molar-refractivity contribution in [1.82, 2.24) is 14.4 Å². The summed E-state index contributed by atoms with van der Waals surface area (Å²) in [7, 11) is 3.70. The molecule has 0 aliphatic carbocycles. The summed E-state index contributed by atoms with van der Waals surface area (Å²) in [6, 6.07) is 15.8. The van der Waals surface area contributed by atoms with Crippen LogP contribution in [0.4, 0.5) is 10.5 Å². The van der Waals surface area contributed by atoms with Gasteiger partial charge in [-0.3, -0.25) is 0 Å². The molecule has 7 heteroatoms. The number of carbonyl (C=O) groups is 1. The minimum absolute atomic E-state index is 0.0912. The maximum absolute atomic E-state index is 12.7. The summed E-state index contributed by atoms with van der Waals surface area (Å²) in [4.78, 5) is 16.8. The quantitative estimate of drug-likeness (QED) is 0.697. The first kappa shape index (κ1) is 20.8. The van der Waals surface area contributed by atoms with Gasteiger partial charge in [0.2, 0.25) is 0 Å². The van der Waals surface area contributed by atoms with Crippen LogP contribution in [0.3, 0.4) is 0 Å². The van der Waals surface area contributed by atoms with Gasteiger partial charge in [-0.1, -0.05) is 12.1 Å². The van der Waals surface area contributed by atoms with E-state index in [0.717, 1.165) is 46.7 Å². The van der Waals surface area contributed by atoms with E-state index < -0.39 is 0 Å². The molecule has 3 aromatic rings. The van der Waals surface area contributed by atoms with Crippen LogP contribution in [-0.2, 0) is 6.54 Å². The van der Waals surface area contributed by atoms with E-state index in [4.69, 9.17) is 4.74 Å². The number of urea groups is 1. The first-order valence-electron chi connectivity index (χ1n) is 10.5. The highest BCUT2D eigenvalue weighted by atomic mass is 16.5. The maximum Gasteiger partial charge on any atom is 0.321 e. The van der Waals surface area contributed by atoms with E-state index in [0.29, 0.717) is 25.2 Å². The number of carbonyl (C=O) groups excluding carboxylic acids is 1. The maximum atomic E-state index is 12.7. The minimum Gasteiger partial charge on any atom is -0.497 e. The number of nitrogens with zero attached hydrogens (tertiary/aromatic N) is 4. The average Bonchev–Trinajstić information content (AvgIpc) is 3.12. The minimum atomic E-state index is -0.0912. The van der Waals surface area contributed by atoms with Crippen LogP contribution >= 0.6 is 0 Å². The van der Waals surface area contributed by atoms with Gasteiger partial charge in [-0.25, -0.2) is 4.79 Å². The third kappa shape index (κ3) is 3.94. The van der Waals surface area contributed by atoms with Gasteiger partial charge in [0.1, 0.15) is 11.8 Å². The van der Waals surface area contributed by atoms with Crippen molar-refractivity contribution in [2.75, 3.05) is 45.7 Å². The van der Waals surface area contributed by atoms with Crippen molar-refractivity contribution < 1.29 is 9.53 Å². The molecule has 0 unspecified atom stereocenters. The number of aromatic nitrogens is 1. The third-order valence-corrected chi connectivity index (χ3v) is 5.88. The number of benzene rings is 2. The molecule has 1 aliphatic rings. The molecule has 2 heterocycles. The second-order valence-electron chi connectivity index (χ2n) is 7.76. The summed E-state index contributed by atoms with van der Waals surface area (Å²) in [5.74, 6) is 0.754. The Hall–Kier alpha value is -3.50. The SMILES string of the molecule is CCn1c(-c2cccc(NC(=O)N3CCN(C)CC3)c2)c(C#N)c2ccc(OC)cc21. The number of nitrogens with one attached hydrogen (secondary N) is 1. The third-order valence-electron chi connectivity index (χ3n) is 5.88. The van der Waals surface area contributed by atoms with Crippen molar-refractivity contribution in [1.29, 1.82) is 5.26 Å². The molecular weight excluding hydrogens is 390 g/mol. The zero-order chi connectivity index (χ0) is 22.0. The van der Waals surface area contributed by atoms with Gasteiger partial charge in [-0.15, -0.1) is 0 Å². The Morgan fingerprint density at radius 3 is 2.61 bits per heavy atom. The first-order chi connectivity index (χ1) is 15.0. The molecule has 4 rings (SSSR count). The van der Waals surface area contributed by atoms with Crippen LogP contribution in [0.25, 0.3) is 22.2 Å². The van der Waals surface area contributed by atoms with Gasteiger partial charge in [0, 0.05) is 55.4 Å². The molecule has 7 nitrogen and oxygen atoms in total. The van der Waals surface area contributed by atoms with E-state index in [2.05, 4.69) is 34.8 Å². The van der Waals surface area contributed by atoms with E-state index >= 15 is 0 Å². The number of fused-ring (bicyclic) bond motifs is 1. The van der Waals surface area contributed by atoms with E-state index in [1.165, 1.54) is 0 Å². The summed E-state index contributed by atoms with van der Waals surface area (Å²) in [5.41, 5.74) is 4.05. The zero-order valence-corrected chi connectivity index (χ0v) is 18.2. The number of anilines is 1. The fourth-order valence-electron chi connectivity index (χ4n) is 4.15. The largest absolute Gasteiger partial charge is 0.497 e. The standard InChI is InChI=1S/C24H27N5O2/c1-4-29-22-15-19(31-3)8-9-20(22)21(16-25)23(29)17-6-5-7-18(14-17)26-24(30)28-12-10-27(2)11-13-28/h5-9,14-15H,4,10-13H2,1-3H3,(H,26,30). The number of piperazine rings is 1. The van der Waals surface area contributed by atoms with Gasteiger partial charge in [0.05, 0.1) is 23.9 Å². The normalized spacial score (nSPS) is 14.5. The van der Waals surface area contributed by atoms with Crippen molar-refractivity contribution in [3.63, 3.8) is 0 Å². The molecule has 1 fully saturated rings. The molecule has 1 aromatic heterocycles. The molecule has 160 valence electrons. The number of hydrogen-bond acceptors (Lipinski definition) is 4. The zero-order valence-electron chi connectivity index (χ0n) is 18.2. The predicted octanol–water partition coefficient (Wildman–Crippen LogP) is 3.99. The van der Waals surface area contributed by atoms with Gasteiger partial charge in [-0.05, 0) is 38.2 Å². The van der Waals surface area contributed by atoms with Crippen LogP contribution < -0.4 is 10.1 Å². The Morgan fingerprint density at radius 2 is 1.94 bits per heavy atom. The number of hydrogen-bond donors (Lipinski definition) is 1. The number of ether oxygens (including phenoxy) is 1. The lowest BCUT2D eigenvalue weighted by Crippen LogP contribution is -2.48. The second kappa shape index (κ2) is 8.70. The Morgan fingerprint density at radius 1 is 1.16 bits per heavy atom. The molecule has 0 atom stereocenters. The lowest BCUT2D eigenvalue weighted by atomic mass is 10.1. The molecule has 2 aromatic carbocycles. The lowest BCUT2D eigenvalue weighted by Gasteiger charge is -2.32. The molecule has 1 saturated heterocycles. The highest BCUT2D eigenvalue weighted by molar-refractivity contribution is 5.96. The molecule has 1 aliphatic heterocycles. The summed E-state index contributed by atoms with van der Waals surface area (Å²) < 4.78 is 7.51. The number of amides is 2. The highest BCUT2D eigenvalue weighted by Crippen LogP contribution is 2.36. The van der Waals surface area contributed by atoms with Crippen molar-refractivity contribution in [3.05, 3.63) is 48.0 Å². The van der Waals surface area contributed by atoms with E-state index in [1.54, 1.807) is 7.11 Å². The smallest absolute Gasteiger partial charge is 0.321 e. The molecular formula is C24H27N5O2. The molecule has 31 heavy (non-hydrogen) atoms. The van der Waals surface area contributed by atoms with Gasteiger partial charge in [0.15, 0.2) is 0 Å². The molecule has 2 amide bonds. The van der Waals surface area contributed by atoms with Gasteiger partial charge in [-0.2, -0.15) is 5.26 Å². The Labute approximate surface area is 182 Å². The summed E-state index contributed by atoms with van der Waals surface area (Å²) in [6.07, 6.45) is 0. The van der Waals surface area contributed by atoms with Crippen molar-refractivity contribution in [2.45, 2.75) is 13.5 Å². The molecule has 0 saturated carbocycles. The van der Waals surface area contributed by atoms with E-state index in [-0.39, 0.29) is 6.03 Å². The topological polar surface area (TPSA) is 73.5 Å². The van der Waals surface area contributed by atoms with Crippen molar-refractivity contribution >= 4 is 22.6 Å². The number of methoxy groups -OCH3 is 1. The van der Waals surface area contributed by atoms with Crippen molar-refractivity contribution in [2.24, 2.45) is 0 Å². The van der Waals surface area contributed by atoms with Gasteiger partial charge >= 0.3 is 6.03 Å². The van der Waals surface area contributed by atoms with Crippen LogP contribution in [0.15, 0.2) is 42.5 Å². The Bertz CT molecular complexity index is 1150. The number of nitriles is 1. The Kier molecular flexibility index (Phi) is 5.83. The first-order valence-corrected chi connectivity index (χ1v) is 10.5. The van der Waals surface area contributed by atoms with Crippen LogP contribution in [0.1, 0.15) is 12.5 Å². The van der Waals surface area contributed by atoms with Gasteiger partial charge in [0.25, 0.3) is 0 Å². The van der Waals surface area contributed by atoms with E-state index in [1.807, 2.05) is 47.4 Å². The molecule has 0 radical (unpaired) electrons. The molecule has 0 bridgehead atoms. The number of rotatable bonds is 4. The summed E-state index contributed by atoms with van der Waals surface area (Å²) in [5, 5.41) is 13.9. The highest BCUT2D eigenvalue weighted by Gasteiger charge is 2.21. The second-order valence-corrected chi connectivity index (χ2v) is 7.76. The van der Waals surface area contributed by atoms with Crippen LogP contribution in [0, 0.1) is 11.3 Å². The average molecular weight is 418 g/mol. The van der Waals surface area contributed by atoms with Crippen LogP contribution in [0.5, 0.6) is 5.75 Å². The fourth-order valence-corrected chi connectivity index (χ4v) is 4.15. The summed E-state index contributed by atoms with van der Waals surface area (Å²) in [6.45, 7) is 5.94. The predicted molar refractivity (Wildman–Crippen MR) is 122 cm³/mol. The van der Waals surface area contributed by atoms with Crippen molar-refractivity contribution in [3.8, 4) is 23.1 Å². The Balaban J connectivity index is 1.70. The monoisotopic (exact) mass is 417 g/mol. The van der Waals surface area contributed by atoms with Crippen LogP contribution in [0.2, 0.25) is 0 Å². The number of likely N-dealkylation sites (N-methyl/N-ethyl adjacent to an activating group) is 1. The molecule has 0 spiro atoms. The molecule has 1 N–H and O–H groups in total. The van der Waals surface area contributed by atoms with E-state index in [9.17, 15) is 10.1 Å². The summed E-state index contributed by atoms with van der Waals surface area (Å²) >= 11 is 0. The lowest BCUT2D eigenvalue weighted by molar-refractivity contribution is 0.164. The van der Waals surface area contributed by atoms with Gasteiger partial charge < -0.3 is 24.4 Å². The fraction of sp³-hybridized carbons (Fsp3) is 0.333. The number of aryl methyl sites for hydroxylation is 1. The van der Waals surface area contributed by atoms with Crippen LogP contribution in [-0.4, -0.2) is 60.7 Å².